The normalized spacial score (nSPS) is 26.8. The van der Waals surface area contributed by atoms with Crippen LogP contribution < -0.4 is 10.4 Å². The molecule has 340 valence electrons. The standard InChI is InChI=1S/C44H50N4O15Si/c1-24(49)56-22-32-37(58-25(2)50)38(59-26(3)51)39(60-27(4)52)43(62-32)63-36-33(23-57-64(44(5,6)7,28-16-10-8-11-17-28)29-18-12-9-13-19-29)61-40(46-47-45)34(35(36)53)48-41(54)30-20-14-15-21-31(30)42(48)55/h8-21,32-40,43,53H,22-23H2,1-7H3/t32?,33?,34?,35-,36+,37+,38+,39?,40-,43+/m1/s1. The first kappa shape index (κ1) is 47.5. The van der Waals surface area contributed by atoms with E-state index < -0.39 is 117 Å². The number of carbonyl (C=O) groups excluding carboxylic acids is 6. The van der Waals surface area contributed by atoms with E-state index in [0.29, 0.717) is 0 Å². The fraction of sp³-hybridized carbons (Fsp3) is 0.455. The van der Waals surface area contributed by atoms with Crippen molar-refractivity contribution in [3.63, 3.8) is 0 Å². The molecule has 2 saturated heterocycles. The Morgan fingerprint density at radius 3 is 1.67 bits per heavy atom. The third kappa shape index (κ3) is 9.72. The van der Waals surface area contributed by atoms with Crippen molar-refractivity contribution in [2.24, 2.45) is 5.11 Å². The van der Waals surface area contributed by atoms with E-state index in [1.54, 1.807) is 12.1 Å². The molecule has 64 heavy (non-hydrogen) atoms. The third-order valence-corrected chi connectivity index (χ3v) is 16.1. The lowest BCUT2D eigenvalue weighted by molar-refractivity contribution is -0.339. The van der Waals surface area contributed by atoms with Gasteiger partial charge in [0.15, 0.2) is 30.8 Å². The van der Waals surface area contributed by atoms with Gasteiger partial charge in [-0.25, -0.2) is 0 Å². The number of azide groups is 1. The first-order valence-corrected chi connectivity index (χ1v) is 22.4. The van der Waals surface area contributed by atoms with Crippen molar-refractivity contribution in [1.82, 2.24) is 4.90 Å². The van der Waals surface area contributed by atoms with Crippen LogP contribution in [0.2, 0.25) is 5.04 Å². The molecule has 3 aliphatic rings. The number of nitrogens with zero attached hydrogens (tertiary/aromatic N) is 4. The molecule has 3 heterocycles. The van der Waals surface area contributed by atoms with Crippen LogP contribution in [0, 0.1) is 0 Å². The fourth-order valence-corrected chi connectivity index (χ4v) is 13.1. The molecule has 20 heteroatoms. The van der Waals surface area contributed by atoms with E-state index in [9.17, 15) is 39.4 Å². The summed E-state index contributed by atoms with van der Waals surface area (Å²) < 4.78 is 48.6. The third-order valence-electron chi connectivity index (χ3n) is 11.1. The maximum absolute atomic E-state index is 14.0. The van der Waals surface area contributed by atoms with Crippen molar-refractivity contribution in [2.45, 2.75) is 115 Å². The first-order chi connectivity index (χ1) is 30.4. The molecule has 0 radical (unpaired) electrons. The first-order valence-electron chi connectivity index (χ1n) is 20.4. The van der Waals surface area contributed by atoms with Crippen LogP contribution in [-0.4, -0.2) is 129 Å². The van der Waals surface area contributed by atoms with Crippen LogP contribution in [0.15, 0.2) is 90.0 Å². The van der Waals surface area contributed by atoms with Crippen LogP contribution in [-0.2, 0) is 56.8 Å². The lowest BCUT2D eigenvalue weighted by Gasteiger charge is -2.50. The van der Waals surface area contributed by atoms with Crippen molar-refractivity contribution in [1.29, 1.82) is 0 Å². The summed E-state index contributed by atoms with van der Waals surface area (Å²) in [4.78, 5) is 81.6. The predicted molar refractivity (Wildman–Crippen MR) is 225 cm³/mol. The van der Waals surface area contributed by atoms with Crippen molar-refractivity contribution in [3.05, 3.63) is 106 Å². The minimum absolute atomic E-state index is 0.0218. The molecule has 4 unspecified atom stereocenters. The van der Waals surface area contributed by atoms with E-state index in [2.05, 4.69) is 10.0 Å². The highest BCUT2D eigenvalue weighted by Crippen LogP contribution is 2.40. The summed E-state index contributed by atoms with van der Waals surface area (Å²) in [6.45, 7) is 9.42. The SMILES string of the molecule is CC(=O)OCC1O[C@@H](O[C@H]2C(CO[Si](c3ccccc3)(c3ccccc3)C(C)(C)C)O[C@@H](N=[N+]=[N-])C(N3C(=O)c4ccccc4C3=O)[C@H]2O)C(OC(C)=O)[C@@H](OC(C)=O)[C@H]1OC(C)=O. The molecule has 6 rings (SSSR count). The number of ether oxygens (including phenoxy) is 7. The fourth-order valence-electron chi connectivity index (χ4n) is 8.55. The molecule has 19 nitrogen and oxygen atoms in total. The zero-order valence-electron chi connectivity index (χ0n) is 36.2. The van der Waals surface area contributed by atoms with Gasteiger partial charge in [-0.3, -0.25) is 33.7 Å². The van der Waals surface area contributed by atoms with Gasteiger partial charge < -0.3 is 42.7 Å². The van der Waals surface area contributed by atoms with E-state index in [1.165, 1.54) is 12.1 Å². The van der Waals surface area contributed by atoms with Crippen LogP contribution in [0.25, 0.3) is 10.4 Å². The number of rotatable bonds is 14. The second-order valence-corrected chi connectivity index (χ2v) is 20.7. The van der Waals surface area contributed by atoms with Crippen LogP contribution >= 0.6 is 0 Å². The predicted octanol–water partition coefficient (Wildman–Crippen LogP) is 3.09. The number of imide groups is 1. The Labute approximate surface area is 369 Å². The van der Waals surface area contributed by atoms with E-state index in [-0.39, 0.29) is 17.7 Å². The molecule has 0 bridgehead atoms. The summed E-state index contributed by atoms with van der Waals surface area (Å²) in [6, 6.07) is 23.3. The van der Waals surface area contributed by atoms with Crippen LogP contribution in [0.3, 0.4) is 0 Å². The Hall–Kier alpha value is -5.99. The maximum atomic E-state index is 14.0. The van der Waals surface area contributed by atoms with Gasteiger partial charge in [0, 0.05) is 32.6 Å². The van der Waals surface area contributed by atoms with Gasteiger partial charge in [-0.15, -0.1) is 0 Å². The van der Waals surface area contributed by atoms with Crippen molar-refractivity contribution >= 4 is 54.4 Å². The zero-order valence-corrected chi connectivity index (χ0v) is 37.2. The molecule has 10 atom stereocenters. The Morgan fingerprint density at radius 2 is 1.19 bits per heavy atom. The summed E-state index contributed by atoms with van der Waals surface area (Å²) in [5.41, 5.74) is 9.89. The van der Waals surface area contributed by atoms with Crippen molar-refractivity contribution in [2.75, 3.05) is 13.2 Å². The molecule has 0 spiro atoms. The number of hydrogen-bond acceptors (Lipinski definition) is 16. The van der Waals surface area contributed by atoms with Gasteiger partial charge in [-0.05, 0) is 33.1 Å². The molecule has 3 aliphatic heterocycles. The van der Waals surface area contributed by atoms with Gasteiger partial charge in [0.1, 0.15) is 37.1 Å². The summed E-state index contributed by atoms with van der Waals surface area (Å²) in [5.74, 6) is -5.06. The smallest absolute Gasteiger partial charge is 0.303 e. The number of aliphatic hydroxyl groups is 1. The van der Waals surface area contributed by atoms with E-state index in [4.69, 9.17) is 37.6 Å². The van der Waals surface area contributed by atoms with Gasteiger partial charge in [0.2, 0.25) is 0 Å². The van der Waals surface area contributed by atoms with E-state index in [1.807, 2.05) is 81.4 Å². The lowest BCUT2D eigenvalue weighted by atomic mass is 9.93. The minimum atomic E-state index is -3.40. The molecule has 3 aromatic rings. The molecule has 3 aromatic carbocycles. The number of aliphatic hydroxyl groups excluding tert-OH is 1. The average Bonchev–Trinajstić information content (AvgIpc) is 3.48. The highest BCUT2D eigenvalue weighted by atomic mass is 28.4. The Balaban J connectivity index is 1.50. The van der Waals surface area contributed by atoms with E-state index >= 15 is 0 Å². The molecular formula is C44H50N4O15Si. The molecule has 2 amide bonds. The number of carbonyl (C=O) groups is 6. The van der Waals surface area contributed by atoms with E-state index in [0.717, 1.165) is 43.0 Å². The molecule has 0 aliphatic carbocycles. The average molecular weight is 903 g/mol. The number of amides is 2. The Morgan fingerprint density at radius 1 is 0.703 bits per heavy atom. The van der Waals surface area contributed by atoms with Gasteiger partial charge in [0.25, 0.3) is 20.1 Å². The summed E-state index contributed by atoms with van der Waals surface area (Å²) in [5, 5.41) is 17.6. The van der Waals surface area contributed by atoms with Gasteiger partial charge in [-0.1, -0.05) is 98.7 Å². The highest BCUT2D eigenvalue weighted by Gasteiger charge is 2.59. The van der Waals surface area contributed by atoms with Gasteiger partial charge in [0.05, 0.1) is 17.7 Å². The molecule has 1 N–H and O–H groups in total. The van der Waals surface area contributed by atoms with Gasteiger partial charge in [-0.2, -0.15) is 0 Å². The molecule has 0 aromatic heterocycles. The lowest BCUT2D eigenvalue weighted by Crippen LogP contribution is -2.70. The highest BCUT2D eigenvalue weighted by molar-refractivity contribution is 6.99. The molecular weight excluding hydrogens is 853 g/mol. The Kier molecular flexibility index (Phi) is 14.7. The van der Waals surface area contributed by atoms with Crippen LogP contribution in [0.1, 0.15) is 69.2 Å². The number of hydrogen-bond donors (Lipinski definition) is 1. The molecule has 2 fully saturated rings. The maximum Gasteiger partial charge on any atom is 0.303 e. The van der Waals surface area contributed by atoms with Crippen molar-refractivity contribution in [3.8, 4) is 0 Å². The zero-order chi connectivity index (χ0) is 46.5. The number of esters is 4. The topological polar surface area (TPSA) is 248 Å². The minimum Gasteiger partial charge on any atom is -0.463 e. The second-order valence-electron chi connectivity index (χ2n) is 16.4. The molecule has 0 saturated carbocycles. The largest absolute Gasteiger partial charge is 0.463 e. The van der Waals surface area contributed by atoms with Crippen LogP contribution in [0.4, 0.5) is 0 Å². The van der Waals surface area contributed by atoms with Crippen molar-refractivity contribution < 1.29 is 71.5 Å². The Bertz CT molecular complexity index is 2200. The number of benzene rings is 3. The summed E-state index contributed by atoms with van der Waals surface area (Å²) in [6.07, 6.45) is -15.0. The summed E-state index contributed by atoms with van der Waals surface area (Å²) in [7, 11) is -3.40. The number of fused-ring (bicyclic) bond motifs is 1. The quantitative estimate of drug-likeness (QED) is 0.0464. The summed E-state index contributed by atoms with van der Waals surface area (Å²) >= 11 is 0. The second kappa shape index (κ2) is 19.8. The van der Waals surface area contributed by atoms with Gasteiger partial charge >= 0.3 is 23.9 Å². The van der Waals surface area contributed by atoms with Crippen LogP contribution in [0.5, 0.6) is 0 Å². The monoisotopic (exact) mass is 902 g/mol.